The van der Waals surface area contributed by atoms with Crippen LogP contribution in [0.15, 0.2) is 47.5 Å². The van der Waals surface area contributed by atoms with Crippen LogP contribution in [0, 0.1) is 11.6 Å². The zero-order chi connectivity index (χ0) is 16.7. The van der Waals surface area contributed by atoms with E-state index in [-0.39, 0.29) is 11.6 Å². The summed E-state index contributed by atoms with van der Waals surface area (Å²) in [7, 11) is 0. The number of phenols is 1. The van der Waals surface area contributed by atoms with Crippen molar-refractivity contribution in [3.8, 4) is 5.75 Å². The highest BCUT2D eigenvalue weighted by Gasteiger charge is 2.03. The molecule has 2 aromatic rings. The molecule has 0 aliphatic rings. The summed E-state index contributed by atoms with van der Waals surface area (Å²) < 4.78 is 26.4. The number of nitrogens with zero attached hydrogens (tertiary/aromatic N) is 1. The van der Waals surface area contributed by atoms with E-state index < -0.39 is 5.82 Å². The maximum atomic E-state index is 13.3. The van der Waals surface area contributed by atoms with Crippen LogP contribution in [-0.2, 0) is 13.1 Å². The molecule has 0 aliphatic heterocycles. The first-order valence-electron chi connectivity index (χ1n) is 7.32. The smallest absolute Gasteiger partial charge is 0.191 e. The van der Waals surface area contributed by atoms with Crippen LogP contribution in [0.2, 0.25) is 0 Å². The number of benzene rings is 2. The number of hydrogen-bond acceptors (Lipinski definition) is 2. The molecule has 0 amide bonds. The molecule has 6 heteroatoms. The van der Waals surface area contributed by atoms with Crippen LogP contribution in [0.3, 0.4) is 0 Å². The van der Waals surface area contributed by atoms with Gasteiger partial charge in [0.1, 0.15) is 5.82 Å². The minimum absolute atomic E-state index is 0.296. The molecule has 0 atom stereocenters. The number of nitrogens with one attached hydrogen (secondary N) is 2. The van der Waals surface area contributed by atoms with Crippen molar-refractivity contribution in [3.63, 3.8) is 0 Å². The van der Waals surface area contributed by atoms with Gasteiger partial charge in [-0.05, 0) is 42.3 Å². The fourth-order valence-corrected chi connectivity index (χ4v) is 1.99. The summed E-state index contributed by atoms with van der Waals surface area (Å²) in [4.78, 5) is 4.36. The summed E-state index contributed by atoms with van der Waals surface area (Å²) in [6.45, 7) is 3.28. The number of hydrogen-bond donors (Lipinski definition) is 3. The maximum Gasteiger partial charge on any atom is 0.191 e. The van der Waals surface area contributed by atoms with Gasteiger partial charge in [-0.25, -0.2) is 13.8 Å². The molecule has 0 bridgehead atoms. The van der Waals surface area contributed by atoms with Gasteiger partial charge >= 0.3 is 0 Å². The summed E-state index contributed by atoms with van der Waals surface area (Å²) >= 11 is 0. The molecule has 0 spiro atoms. The van der Waals surface area contributed by atoms with Crippen molar-refractivity contribution in [2.75, 3.05) is 6.54 Å². The Morgan fingerprint density at radius 1 is 1.09 bits per heavy atom. The van der Waals surface area contributed by atoms with E-state index in [1.807, 2.05) is 6.92 Å². The van der Waals surface area contributed by atoms with E-state index in [0.29, 0.717) is 31.2 Å². The van der Waals surface area contributed by atoms with Gasteiger partial charge in [0, 0.05) is 13.1 Å². The first kappa shape index (κ1) is 16.7. The van der Waals surface area contributed by atoms with E-state index in [4.69, 9.17) is 0 Å². The van der Waals surface area contributed by atoms with Crippen LogP contribution in [0.25, 0.3) is 0 Å². The molecule has 0 radical (unpaired) electrons. The predicted molar refractivity (Wildman–Crippen MR) is 86.1 cm³/mol. The van der Waals surface area contributed by atoms with E-state index in [1.165, 1.54) is 24.3 Å². The first-order valence-corrected chi connectivity index (χ1v) is 7.32. The average molecular weight is 319 g/mol. The second kappa shape index (κ2) is 8.12. The third-order valence-electron chi connectivity index (χ3n) is 3.13. The van der Waals surface area contributed by atoms with Crippen LogP contribution >= 0.6 is 0 Å². The molecule has 2 aromatic carbocycles. The highest BCUT2D eigenvalue weighted by Crippen LogP contribution is 2.15. The monoisotopic (exact) mass is 319 g/mol. The van der Waals surface area contributed by atoms with Crippen LogP contribution in [-0.4, -0.2) is 17.6 Å². The SMILES string of the molecule is CCNC(=NCc1cccc(F)c1)NCc1ccc(O)c(F)c1. The van der Waals surface area contributed by atoms with E-state index in [1.54, 1.807) is 18.2 Å². The van der Waals surface area contributed by atoms with Gasteiger partial charge in [-0.3, -0.25) is 0 Å². The second-order valence-corrected chi connectivity index (χ2v) is 4.96. The number of phenolic OH excluding ortho intramolecular Hbond substituents is 1. The Balaban J connectivity index is 1.99. The molecule has 4 nitrogen and oxygen atoms in total. The van der Waals surface area contributed by atoms with Crippen molar-refractivity contribution in [2.24, 2.45) is 4.99 Å². The summed E-state index contributed by atoms with van der Waals surface area (Å²) in [5, 5.41) is 15.3. The van der Waals surface area contributed by atoms with Crippen molar-refractivity contribution in [3.05, 3.63) is 65.2 Å². The molecule has 0 saturated heterocycles. The molecule has 0 fully saturated rings. The van der Waals surface area contributed by atoms with Gasteiger partial charge in [0.15, 0.2) is 17.5 Å². The topological polar surface area (TPSA) is 56.7 Å². The predicted octanol–water partition coefficient (Wildman–Crippen LogP) is 2.93. The Morgan fingerprint density at radius 3 is 2.61 bits per heavy atom. The van der Waals surface area contributed by atoms with Crippen LogP contribution in [0.1, 0.15) is 18.1 Å². The van der Waals surface area contributed by atoms with Crippen LogP contribution < -0.4 is 10.6 Å². The highest BCUT2D eigenvalue weighted by molar-refractivity contribution is 5.79. The third kappa shape index (κ3) is 5.25. The fraction of sp³-hybridized carbons (Fsp3) is 0.235. The minimum Gasteiger partial charge on any atom is -0.505 e. The zero-order valence-corrected chi connectivity index (χ0v) is 12.8. The van der Waals surface area contributed by atoms with E-state index in [2.05, 4.69) is 15.6 Å². The van der Waals surface area contributed by atoms with Crippen LogP contribution in [0.4, 0.5) is 8.78 Å². The Morgan fingerprint density at radius 2 is 1.91 bits per heavy atom. The number of rotatable bonds is 5. The largest absolute Gasteiger partial charge is 0.505 e. The lowest BCUT2D eigenvalue weighted by atomic mass is 10.2. The summed E-state index contributed by atoms with van der Waals surface area (Å²) in [6, 6.07) is 10.5. The van der Waals surface area contributed by atoms with Crippen molar-refractivity contribution in [2.45, 2.75) is 20.0 Å². The Kier molecular flexibility index (Phi) is 5.91. The molecule has 2 rings (SSSR count). The molecule has 3 N–H and O–H groups in total. The van der Waals surface area contributed by atoms with Crippen molar-refractivity contribution < 1.29 is 13.9 Å². The number of aliphatic imine (C=N–C) groups is 1. The summed E-state index contributed by atoms with van der Waals surface area (Å²) in [5.41, 5.74) is 1.44. The van der Waals surface area contributed by atoms with Gasteiger partial charge < -0.3 is 15.7 Å². The van der Waals surface area contributed by atoms with Gasteiger partial charge in [-0.1, -0.05) is 18.2 Å². The lowest BCUT2D eigenvalue weighted by Gasteiger charge is -2.11. The quantitative estimate of drug-likeness (QED) is 0.587. The molecule has 0 saturated carbocycles. The van der Waals surface area contributed by atoms with Gasteiger partial charge in [0.25, 0.3) is 0 Å². The second-order valence-electron chi connectivity index (χ2n) is 4.96. The summed E-state index contributed by atoms with van der Waals surface area (Å²) in [5.74, 6) is -0.785. The van der Waals surface area contributed by atoms with Gasteiger partial charge in [0.2, 0.25) is 0 Å². The molecule has 23 heavy (non-hydrogen) atoms. The van der Waals surface area contributed by atoms with Gasteiger partial charge in [-0.2, -0.15) is 0 Å². The fourth-order valence-electron chi connectivity index (χ4n) is 1.99. The molecule has 122 valence electrons. The van der Waals surface area contributed by atoms with Gasteiger partial charge in [-0.15, -0.1) is 0 Å². The summed E-state index contributed by atoms with van der Waals surface area (Å²) in [6.07, 6.45) is 0. The number of guanidine groups is 1. The van der Waals surface area contributed by atoms with Gasteiger partial charge in [0.05, 0.1) is 6.54 Å². The molecule has 0 aromatic heterocycles. The minimum atomic E-state index is -0.661. The lowest BCUT2D eigenvalue weighted by molar-refractivity contribution is 0.431. The average Bonchev–Trinajstić information content (AvgIpc) is 2.53. The lowest BCUT2D eigenvalue weighted by Crippen LogP contribution is -2.36. The molecule has 0 aliphatic carbocycles. The molecule has 0 unspecified atom stereocenters. The third-order valence-corrected chi connectivity index (χ3v) is 3.13. The molecular weight excluding hydrogens is 300 g/mol. The molecule has 0 heterocycles. The standard InChI is InChI=1S/C17H19F2N3O/c1-2-20-17(21-10-12-4-3-5-14(18)8-12)22-11-13-6-7-16(23)15(19)9-13/h3-9,23H,2,10-11H2,1H3,(H2,20,21,22). The van der Waals surface area contributed by atoms with Crippen LogP contribution in [0.5, 0.6) is 5.75 Å². The van der Waals surface area contributed by atoms with Crippen molar-refractivity contribution in [1.29, 1.82) is 0 Å². The number of aromatic hydroxyl groups is 1. The van der Waals surface area contributed by atoms with E-state index in [9.17, 15) is 13.9 Å². The Hall–Kier alpha value is -2.63. The zero-order valence-electron chi connectivity index (χ0n) is 12.8. The van der Waals surface area contributed by atoms with E-state index >= 15 is 0 Å². The first-order chi connectivity index (χ1) is 11.1. The van der Waals surface area contributed by atoms with Crippen molar-refractivity contribution >= 4 is 5.96 Å². The highest BCUT2D eigenvalue weighted by atomic mass is 19.1. The maximum absolute atomic E-state index is 13.3. The Bertz CT molecular complexity index is 689. The molecular formula is C17H19F2N3O. The number of halogens is 2. The van der Waals surface area contributed by atoms with Crippen molar-refractivity contribution in [1.82, 2.24) is 10.6 Å². The normalized spacial score (nSPS) is 11.3. The Labute approximate surface area is 133 Å². The van der Waals surface area contributed by atoms with E-state index in [0.717, 1.165) is 5.56 Å².